The van der Waals surface area contributed by atoms with E-state index in [0.717, 1.165) is 32.6 Å². The number of hydrogen-bond acceptors (Lipinski definition) is 3. The van der Waals surface area contributed by atoms with Gasteiger partial charge >= 0.3 is 0 Å². The molecule has 2 unspecified atom stereocenters. The van der Waals surface area contributed by atoms with Gasteiger partial charge in [0.25, 0.3) is 0 Å². The van der Waals surface area contributed by atoms with Crippen molar-refractivity contribution >= 4 is 0 Å². The van der Waals surface area contributed by atoms with Crippen molar-refractivity contribution < 1.29 is 9.47 Å². The Morgan fingerprint density at radius 1 is 1.30 bits per heavy atom. The van der Waals surface area contributed by atoms with Crippen LogP contribution in [0.1, 0.15) is 43.4 Å². The van der Waals surface area contributed by atoms with Crippen LogP contribution >= 0.6 is 0 Å². The molecule has 112 valence electrons. The Morgan fingerprint density at radius 2 is 2.10 bits per heavy atom. The summed E-state index contributed by atoms with van der Waals surface area (Å²) in [5.74, 6) is 0. The lowest BCUT2D eigenvalue weighted by Gasteiger charge is -2.31. The SMILES string of the molecule is CCNC(c1ccc(CCOC)cc1)C1CCCCO1. The quantitative estimate of drug-likeness (QED) is 0.831. The van der Waals surface area contributed by atoms with Gasteiger partial charge in [-0.2, -0.15) is 0 Å². The van der Waals surface area contributed by atoms with E-state index < -0.39 is 0 Å². The van der Waals surface area contributed by atoms with Gasteiger partial charge in [0, 0.05) is 13.7 Å². The van der Waals surface area contributed by atoms with Gasteiger partial charge in [0.05, 0.1) is 18.8 Å². The average Bonchev–Trinajstić information content (AvgIpc) is 2.52. The molecule has 2 rings (SSSR count). The minimum atomic E-state index is 0.313. The Balaban J connectivity index is 2.04. The van der Waals surface area contributed by atoms with E-state index in [1.54, 1.807) is 7.11 Å². The topological polar surface area (TPSA) is 30.5 Å². The van der Waals surface area contributed by atoms with Crippen molar-refractivity contribution in [3.05, 3.63) is 35.4 Å². The predicted molar refractivity (Wildman–Crippen MR) is 82.0 cm³/mol. The molecule has 3 nitrogen and oxygen atoms in total. The smallest absolute Gasteiger partial charge is 0.0769 e. The number of ether oxygens (including phenoxy) is 2. The molecule has 1 N–H and O–H groups in total. The molecule has 3 heteroatoms. The number of methoxy groups -OCH3 is 1. The van der Waals surface area contributed by atoms with Crippen molar-refractivity contribution in [3.63, 3.8) is 0 Å². The molecule has 20 heavy (non-hydrogen) atoms. The first-order chi connectivity index (χ1) is 9.85. The Morgan fingerprint density at radius 3 is 2.70 bits per heavy atom. The molecule has 0 radical (unpaired) electrons. The highest BCUT2D eigenvalue weighted by molar-refractivity contribution is 5.26. The third-order valence-electron chi connectivity index (χ3n) is 3.94. The van der Waals surface area contributed by atoms with E-state index in [-0.39, 0.29) is 0 Å². The summed E-state index contributed by atoms with van der Waals surface area (Å²) in [5.41, 5.74) is 2.66. The second kappa shape index (κ2) is 8.40. The summed E-state index contributed by atoms with van der Waals surface area (Å²) in [7, 11) is 1.75. The van der Waals surface area contributed by atoms with Crippen LogP contribution in [0.4, 0.5) is 0 Å². The first-order valence-corrected chi connectivity index (χ1v) is 7.78. The minimum absolute atomic E-state index is 0.313. The maximum atomic E-state index is 5.96. The van der Waals surface area contributed by atoms with Crippen LogP contribution in [0.2, 0.25) is 0 Å². The van der Waals surface area contributed by atoms with Crippen molar-refractivity contribution in [2.75, 3.05) is 26.9 Å². The molecule has 2 atom stereocenters. The second-order valence-corrected chi connectivity index (χ2v) is 5.42. The Labute approximate surface area is 122 Å². The first-order valence-electron chi connectivity index (χ1n) is 7.78. The van der Waals surface area contributed by atoms with E-state index in [9.17, 15) is 0 Å². The molecular weight excluding hydrogens is 250 g/mol. The molecular formula is C17H27NO2. The van der Waals surface area contributed by atoms with Crippen molar-refractivity contribution in [2.45, 2.75) is 44.8 Å². The third-order valence-corrected chi connectivity index (χ3v) is 3.94. The molecule has 1 saturated heterocycles. The first kappa shape index (κ1) is 15.5. The molecule has 1 aromatic carbocycles. The summed E-state index contributed by atoms with van der Waals surface area (Å²) in [4.78, 5) is 0. The molecule has 1 aromatic rings. The Bertz CT molecular complexity index is 371. The van der Waals surface area contributed by atoms with E-state index in [1.807, 2.05) is 0 Å². The number of likely N-dealkylation sites (N-methyl/N-ethyl adjacent to an activating group) is 1. The van der Waals surface area contributed by atoms with Crippen LogP contribution in [-0.4, -0.2) is 33.0 Å². The fourth-order valence-corrected chi connectivity index (χ4v) is 2.82. The summed E-state index contributed by atoms with van der Waals surface area (Å²) < 4.78 is 11.1. The van der Waals surface area contributed by atoms with E-state index in [0.29, 0.717) is 12.1 Å². The van der Waals surface area contributed by atoms with Crippen LogP contribution in [0.25, 0.3) is 0 Å². The Hall–Kier alpha value is -0.900. The summed E-state index contributed by atoms with van der Waals surface area (Å²) in [6, 6.07) is 9.20. The van der Waals surface area contributed by atoms with Gasteiger partial charge in [-0.25, -0.2) is 0 Å². The van der Waals surface area contributed by atoms with Crippen LogP contribution < -0.4 is 5.32 Å². The zero-order valence-corrected chi connectivity index (χ0v) is 12.7. The lowest BCUT2D eigenvalue weighted by Crippen LogP contribution is -2.35. The monoisotopic (exact) mass is 277 g/mol. The van der Waals surface area contributed by atoms with Gasteiger partial charge in [-0.3, -0.25) is 0 Å². The van der Waals surface area contributed by atoms with E-state index >= 15 is 0 Å². The summed E-state index contributed by atoms with van der Waals surface area (Å²) >= 11 is 0. The van der Waals surface area contributed by atoms with Gasteiger partial charge in [-0.1, -0.05) is 31.2 Å². The van der Waals surface area contributed by atoms with Crippen LogP contribution in [0.5, 0.6) is 0 Å². The number of hydrogen-bond donors (Lipinski definition) is 1. The zero-order chi connectivity index (χ0) is 14.2. The van der Waals surface area contributed by atoms with E-state index in [2.05, 4.69) is 36.5 Å². The van der Waals surface area contributed by atoms with Crippen LogP contribution in [-0.2, 0) is 15.9 Å². The van der Waals surface area contributed by atoms with Gasteiger partial charge in [0.1, 0.15) is 0 Å². The van der Waals surface area contributed by atoms with Crippen LogP contribution in [0, 0.1) is 0 Å². The van der Waals surface area contributed by atoms with Crippen LogP contribution in [0.3, 0.4) is 0 Å². The van der Waals surface area contributed by atoms with Gasteiger partial charge < -0.3 is 14.8 Å². The van der Waals surface area contributed by atoms with Gasteiger partial charge in [-0.15, -0.1) is 0 Å². The highest BCUT2D eigenvalue weighted by atomic mass is 16.5. The number of nitrogens with one attached hydrogen (secondary N) is 1. The Kier molecular flexibility index (Phi) is 6.51. The van der Waals surface area contributed by atoms with E-state index in [4.69, 9.17) is 9.47 Å². The zero-order valence-electron chi connectivity index (χ0n) is 12.7. The normalized spacial score (nSPS) is 20.8. The van der Waals surface area contributed by atoms with Crippen molar-refractivity contribution in [1.29, 1.82) is 0 Å². The predicted octanol–water partition coefficient (Wildman–Crippen LogP) is 3.10. The van der Waals surface area contributed by atoms with Gasteiger partial charge in [-0.05, 0) is 43.4 Å². The molecule has 0 bridgehead atoms. The molecule has 1 fully saturated rings. The lowest BCUT2D eigenvalue weighted by molar-refractivity contribution is -0.00786. The summed E-state index contributed by atoms with van der Waals surface area (Å²) in [6.45, 7) is 4.80. The fourth-order valence-electron chi connectivity index (χ4n) is 2.82. The highest BCUT2D eigenvalue weighted by Gasteiger charge is 2.25. The number of rotatable bonds is 7. The van der Waals surface area contributed by atoms with Crippen LogP contribution in [0.15, 0.2) is 24.3 Å². The van der Waals surface area contributed by atoms with Gasteiger partial charge in [0.15, 0.2) is 0 Å². The molecule has 0 saturated carbocycles. The highest BCUT2D eigenvalue weighted by Crippen LogP contribution is 2.26. The molecule has 1 aliphatic heterocycles. The van der Waals surface area contributed by atoms with Crippen molar-refractivity contribution in [3.8, 4) is 0 Å². The molecule has 0 aliphatic carbocycles. The third kappa shape index (κ3) is 4.30. The maximum Gasteiger partial charge on any atom is 0.0769 e. The van der Waals surface area contributed by atoms with E-state index in [1.165, 1.54) is 24.0 Å². The lowest BCUT2D eigenvalue weighted by atomic mass is 9.94. The second-order valence-electron chi connectivity index (χ2n) is 5.42. The summed E-state index contributed by atoms with van der Waals surface area (Å²) in [6.07, 6.45) is 4.92. The standard InChI is InChI=1S/C17H27NO2/c1-3-18-17(16-6-4-5-12-20-16)15-9-7-14(8-10-15)11-13-19-2/h7-10,16-18H,3-6,11-13H2,1-2H3. The average molecular weight is 277 g/mol. The molecule has 0 amide bonds. The summed E-state index contributed by atoms with van der Waals surface area (Å²) in [5, 5.41) is 3.58. The fraction of sp³-hybridized carbons (Fsp3) is 0.647. The van der Waals surface area contributed by atoms with Crippen molar-refractivity contribution in [1.82, 2.24) is 5.32 Å². The van der Waals surface area contributed by atoms with Gasteiger partial charge in [0.2, 0.25) is 0 Å². The number of benzene rings is 1. The largest absolute Gasteiger partial charge is 0.384 e. The van der Waals surface area contributed by atoms with Crippen molar-refractivity contribution in [2.24, 2.45) is 0 Å². The molecule has 1 heterocycles. The minimum Gasteiger partial charge on any atom is -0.384 e. The molecule has 0 spiro atoms. The molecule has 1 aliphatic rings. The maximum absolute atomic E-state index is 5.96. The molecule has 0 aromatic heterocycles.